The Morgan fingerprint density at radius 1 is 1.36 bits per heavy atom. The Hall–Kier alpha value is -1.43. The first-order valence-corrected chi connectivity index (χ1v) is 8.61. The van der Waals surface area contributed by atoms with Gasteiger partial charge in [0.2, 0.25) is 0 Å². The van der Waals surface area contributed by atoms with Gasteiger partial charge in [0.05, 0.1) is 19.3 Å². The van der Waals surface area contributed by atoms with Crippen molar-refractivity contribution in [2.75, 3.05) is 44.8 Å². The molecule has 0 radical (unpaired) electrons. The minimum atomic E-state index is 0.419. The normalized spacial score (nSPS) is 17.4. The van der Waals surface area contributed by atoms with E-state index in [0.717, 1.165) is 38.5 Å². The minimum Gasteiger partial charge on any atom is -0.379 e. The standard InChI is InChI=1S/C17H23N3OS/c1-14-12-15(5-6-18-14)19(2)13-16(17-4-3-11-22-17)20-7-9-21-10-8-20/h3-6,11-12,16H,7-10,13H2,1-2H3. The molecule has 0 amide bonds. The summed E-state index contributed by atoms with van der Waals surface area (Å²) < 4.78 is 5.51. The molecule has 0 aliphatic carbocycles. The van der Waals surface area contributed by atoms with Crippen molar-refractivity contribution >= 4 is 17.0 Å². The molecule has 0 N–H and O–H groups in total. The number of likely N-dealkylation sites (N-methyl/N-ethyl adjacent to an activating group) is 1. The molecule has 0 spiro atoms. The molecule has 0 bridgehead atoms. The number of nitrogens with zero attached hydrogens (tertiary/aromatic N) is 3. The first-order valence-electron chi connectivity index (χ1n) is 7.73. The number of hydrogen-bond donors (Lipinski definition) is 0. The van der Waals surface area contributed by atoms with E-state index in [2.05, 4.69) is 51.5 Å². The van der Waals surface area contributed by atoms with Crippen molar-refractivity contribution in [2.45, 2.75) is 13.0 Å². The molecule has 1 aliphatic heterocycles. The zero-order valence-electron chi connectivity index (χ0n) is 13.2. The summed E-state index contributed by atoms with van der Waals surface area (Å²) in [4.78, 5) is 10.6. The van der Waals surface area contributed by atoms with E-state index < -0.39 is 0 Å². The molecule has 3 heterocycles. The minimum absolute atomic E-state index is 0.419. The highest BCUT2D eigenvalue weighted by atomic mass is 32.1. The zero-order chi connectivity index (χ0) is 15.4. The Labute approximate surface area is 136 Å². The maximum atomic E-state index is 5.51. The fraction of sp³-hybridized carbons (Fsp3) is 0.471. The molecule has 0 aromatic carbocycles. The third-order valence-corrected chi connectivity index (χ3v) is 5.10. The maximum absolute atomic E-state index is 5.51. The highest BCUT2D eigenvalue weighted by molar-refractivity contribution is 7.10. The van der Waals surface area contributed by atoms with Crippen molar-refractivity contribution in [1.29, 1.82) is 0 Å². The van der Waals surface area contributed by atoms with Gasteiger partial charge in [-0.2, -0.15) is 0 Å². The quantitative estimate of drug-likeness (QED) is 0.848. The molecule has 2 aromatic rings. The van der Waals surface area contributed by atoms with E-state index in [1.807, 2.05) is 24.5 Å². The van der Waals surface area contributed by atoms with Gasteiger partial charge in [-0.15, -0.1) is 11.3 Å². The van der Waals surface area contributed by atoms with E-state index in [-0.39, 0.29) is 0 Å². The van der Waals surface area contributed by atoms with Crippen molar-refractivity contribution in [3.63, 3.8) is 0 Å². The van der Waals surface area contributed by atoms with Gasteiger partial charge in [-0.3, -0.25) is 9.88 Å². The number of aromatic nitrogens is 1. The number of aryl methyl sites for hydroxylation is 1. The summed E-state index contributed by atoms with van der Waals surface area (Å²) in [5.74, 6) is 0. The van der Waals surface area contributed by atoms with E-state index >= 15 is 0 Å². The monoisotopic (exact) mass is 317 g/mol. The van der Waals surface area contributed by atoms with Gasteiger partial charge in [0.25, 0.3) is 0 Å². The Morgan fingerprint density at radius 3 is 2.86 bits per heavy atom. The Balaban J connectivity index is 1.77. The van der Waals surface area contributed by atoms with E-state index in [1.165, 1.54) is 10.6 Å². The molecule has 5 heteroatoms. The first kappa shape index (κ1) is 15.5. The van der Waals surface area contributed by atoms with Crippen LogP contribution >= 0.6 is 11.3 Å². The summed E-state index contributed by atoms with van der Waals surface area (Å²) in [7, 11) is 2.16. The van der Waals surface area contributed by atoms with Crippen LogP contribution in [0.3, 0.4) is 0 Å². The van der Waals surface area contributed by atoms with Gasteiger partial charge in [-0.25, -0.2) is 0 Å². The Morgan fingerprint density at radius 2 is 2.18 bits per heavy atom. The van der Waals surface area contributed by atoms with Gasteiger partial charge in [0.15, 0.2) is 0 Å². The molecule has 1 unspecified atom stereocenters. The van der Waals surface area contributed by atoms with Crippen LogP contribution in [0, 0.1) is 6.92 Å². The molecule has 118 valence electrons. The lowest BCUT2D eigenvalue weighted by Crippen LogP contribution is -2.43. The molecule has 3 rings (SSSR count). The molecule has 1 atom stereocenters. The van der Waals surface area contributed by atoms with Crippen LogP contribution in [0.5, 0.6) is 0 Å². The van der Waals surface area contributed by atoms with E-state index in [4.69, 9.17) is 4.74 Å². The smallest absolute Gasteiger partial charge is 0.0619 e. The van der Waals surface area contributed by atoms with Crippen LogP contribution in [0.2, 0.25) is 0 Å². The van der Waals surface area contributed by atoms with Crippen molar-refractivity contribution in [3.8, 4) is 0 Å². The topological polar surface area (TPSA) is 28.6 Å². The van der Waals surface area contributed by atoms with Gasteiger partial charge in [0, 0.05) is 49.1 Å². The predicted octanol–water partition coefficient (Wildman–Crippen LogP) is 2.96. The van der Waals surface area contributed by atoms with E-state index in [0.29, 0.717) is 6.04 Å². The second kappa shape index (κ2) is 7.22. The average Bonchev–Trinajstić information content (AvgIpc) is 3.07. The second-order valence-electron chi connectivity index (χ2n) is 5.72. The molecule has 1 saturated heterocycles. The number of rotatable bonds is 5. The van der Waals surface area contributed by atoms with Gasteiger partial charge in [0.1, 0.15) is 0 Å². The van der Waals surface area contributed by atoms with Crippen LogP contribution in [0.25, 0.3) is 0 Å². The largest absolute Gasteiger partial charge is 0.379 e. The van der Waals surface area contributed by atoms with Crippen LogP contribution in [0.15, 0.2) is 35.8 Å². The van der Waals surface area contributed by atoms with Crippen LogP contribution < -0.4 is 4.90 Å². The Kier molecular flexibility index (Phi) is 5.08. The molecule has 0 saturated carbocycles. The van der Waals surface area contributed by atoms with Crippen LogP contribution in [0.4, 0.5) is 5.69 Å². The van der Waals surface area contributed by atoms with Crippen molar-refractivity contribution in [1.82, 2.24) is 9.88 Å². The molecule has 1 aliphatic rings. The zero-order valence-corrected chi connectivity index (χ0v) is 14.1. The van der Waals surface area contributed by atoms with Crippen LogP contribution in [-0.2, 0) is 4.74 Å². The van der Waals surface area contributed by atoms with Crippen molar-refractivity contribution in [3.05, 3.63) is 46.4 Å². The second-order valence-corrected chi connectivity index (χ2v) is 6.69. The first-order chi connectivity index (χ1) is 10.7. The van der Waals surface area contributed by atoms with Gasteiger partial charge < -0.3 is 9.64 Å². The number of hydrogen-bond acceptors (Lipinski definition) is 5. The predicted molar refractivity (Wildman–Crippen MR) is 91.7 cm³/mol. The Bertz CT molecular complexity index is 581. The SMILES string of the molecule is Cc1cc(N(C)CC(c2cccs2)N2CCOCC2)ccn1. The third-order valence-electron chi connectivity index (χ3n) is 4.13. The summed E-state index contributed by atoms with van der Waals surface area (Å²) in [5.41, 5.74) is 2.28. The molecule has 2 aromatic heterocycles. The van der Waals surface area contributed by atoms with E-state index in [9.17, 15) is 0 Å². The number of anilines is 1. The summed E-state index contributed by atoms with van der Waals surface area (Å²) in [5, 5.41) is 2.17. The number of pyridine rings is 1. The summed E-state index contributed by atoms with van der Waals surface area (Å²) >= 11 is 1.84. The molecular weight excluding hydrogens is 294 g/mol. The highest BCUT2D eigenvalue weighted by Crippen LogP contribution is 2.28. The fourth-order valence-electron chi connectivity index (χ4n) is 2.89. The molecule has 22 heavy (non-hydrogen) atoms. The van der Waals surface area contributed by atoms with Crippen molar-refractivity contribution in [2.24, 2.45) is 0 Å². The lowest BCUT2D eigenvalue weighted by atomic mass is 10.1. The molecular formula is C17H23N3OS. The lowest BCUT2D eigenvalue weighted by molar-refractivity contribution is 0.0184. The number of ether oxygens (including phenoxy) is 1. The summed E-state index contributed by atoms with van der Waals surface area (Å²) in [6.45, 7) is 6.69. The lowest BCUT2D eigenvalue weighted by Gasteiger charge is -2.36. The highest BCUT2D eigenvalue weighted by Gasteiger charge is 2.24. The van der Waals surface area contributed by atoms with Crippen molar-refractivity contribution < 1.29 is 4.74 Å². The summed E-state index contributed by atoms with van der Waals surface area (Å²) in [6.07, 6.45) is 1.88. The van der Waals surface area contributed by atoms with Gasteiger partial charge >= 0.3 is 0 Å². The van der Waals surface area contributed by atoms with Crippen LogP contribution in [-0.4, -0.2) is 49.8 Å². The molecule has 4 nitrogen and oxygen atoms in total. The van der Waals surface area contributed by atoms with Crippen LogP contribution in [0.1, 0.15) is 16.6 Å². The third kappa shape index (κ3) is 3.66. The van der Waals surface area contributed by atoms with Gasteiger partial charge in [-0.05, 0) is 30.5 Å². The fourth-order valence-corrected chi connectivity index (χ4v) is 3.74. The van der Waals surface area contributed by atoms with E-state index in [1.54, 1.807) is 0 Å². The number of thiophene rings is 1. The van der Waals surface area contributed by atoms with Gasteiger partial charge in [-0.1, -0.05) is 6.07 Å². The molecule has 1 fully saturated rings. The maximum Gasteiger partial charge on any atom is 0.0619 e. The number of morpholine rings is 1. The summed E-state index contributed by atoms with van der Waals surface area (Å²) in [6, 6.07) is 9.03. The average molecular weight is 317 g/mol.